The van der Waals surface area contributed by atoms with E-state index in [1.165, 1.54) is 11.5 Å². The third-order valence-electron chi connectivity index (χ3n) is 3.38. The van der Waals surface area contributed by atoms with Crippen molar-refractivity contribution >= 4 is 0 Å². The number of aromatic nitrogens is 2. The summed E-state index contributed by atoms with van der Waals surface area (Å²) < 4.78 is 2.40. The van der Waals surface area contributed by atoms with E-state index in [0.717, 1.165) is 19.6 Å². The lowest BCUT2D eigenvalue weighted by molar-refractivity contribution is 0.102. The first-order chi connectivity index (χ1) is 7.39. The van der Waals surface area contributed by atoms with Crippen LogP contribution in [-0.2, 0) is 13.1 Å². The van der Waals surface area contributed by atoms with Gasteiger partial charge in [0, 0.05) is 37.3 Å². The van der Waals surface area contributed by atoms with Crippen molar-refractivity contribution in [3.05, 3.63) is 17.7 Å². The van der Waals surface area contributed by atoms with Crippen LogP contribution in [0.15, 0.2) is 6.20 Å². The van der Waals surface area contributed by atoms with Gasteiger partial charge in [-0.1, -0.05) is 13.8 Å². The van der Waals surface area contributed by atoms with Crippen molar-refractivity contribution in [3.63, 3.8) is 0 Å². The minimum absolute atomic E-state index is 0.257. The van der Waals surface area contributed by atoms with Crippen LogP contribution in [0.25, 0.3) is 0 Å². The summed E-state index contributed by atoms with van der Waals surface area (Å²) in [5.74, 6) is 1.76. The minimum Gasteiger partial charge on any atom is -0.329 e. The Labute approximate surface area is 98.5 Å². The molecule has 0 fully saturated rings. The van der Waals surface area contributed by atoms with E-state index >= 15 is 0 Å². The minimum atomic E-state index is 0.257. The van der Waals surface area contributed by atoms with Crippen molar-refractivity contribution in [2.24, 2.45) is 0 Å². The summed E-state index contributed by atoms with van der Waals surface area (Å²) in [4.78, 5) is 7.07. The molecule has 16 heavy (non-hydrogen) atoms. The average molecular weight is 221 g/mol. The van der Waals surface area contributed by atoms with Gasteiger partial charge in [0.25, 0.3) is 0 Å². The molecule has 0 aromatic carbocycles. The van der Waals surface area contributed by atoms with Crippen LogP contribution in [0.1, 0.15) is 52.1 Å². The van der Waals surface area contributed by atoms with E-state index in [0.29, 0.717) is 5.92 Å². The second-order valence-electron chi connectivity index (χ2n) is 6.01. The number of imidazole rings is 1. The highest BCUT2D eigenvalue weighted by Crippen LogP contribution is 2.24. The SMILES string of the molecule is CC(C)c1ncc2n1CCN(C(C)(C)C)C2. The lowest BCUT2D eigenvalue weighted by Gasteiger charge is -2.39. The van der Waals surface area contributed by atoms with E-state index in [-0.39, 0.29) is 5.54 Å². The molecule has 90 valence electrons. The molecule has 0 saturated carbocycles. The molecule has 0 saturated heterocycles. The van der Waals surface area contributed by atoms with Gasteiger partial charge in [-0.05, 0) is 20.8 Å². The number of nitrogens with zero attached hydrogens (tertiary/aromatic N) is 3. The van der Waals surface area contributed by atoms with Gasteiger partial charge in [-0.15, -0.1) is 0 Å². The Morgan fingerprint density at radius 3 is 2.50 bits per heavy atom. The van der Waals surface area contributed by atoms with Crippen LogP contribution in [0, 0.1) is 0 Å². The fourth-order valence-corrected chi connectivity index (χ4v) is 2.34. The van der Waals surface area contributed by atoms with Crippen molar-refractivity contribution in [2.75, 3.05) is 6.54 Å². The summed E-state index contributed by atoms with van der Waals surface area (Å²) in [6, 6.07) is 0. The molecule has 3 nitrogen and oxygen atoms in total. The number of hydrogen-bond acceptors (Lipinski definition) is 2. The monoisotopic (exact) mass is 221 g/mol. The van der Waals surface area contributed by atoms with Crippen LogP contribution in [0.5, 0.6) is 0 Å². The molecular formula is C13H23N3. The molecule has 1 aromatic rings. The Kier molecular flexibility index (Phi) is 2.82. The van der Waals surface area contributed by atoms with Gasteiger partial charge in [-0.2, -0.15) is 0 Å². The fourth-order valence-electron chi connectivity index (χ4n) is 2.34. The Morgan fingerprint density at radius 2 is 1.94 bits per heavy atom. The van der Waals surface area contributed by atoms with E-state index < -0.39 is 0 Å². The highest BCUT2D eigenvalue weighted by molar-refractivity contribution is 5.11. The van der Waals surface area contributed by atoms with Gasteiger partial charge < -0.3 is 4.57 Å². The lowest BCUT2D eigenvalue weighted by atomic mass is 10.0. The van der Waals surface area contributed by atoms with Crippen LogP contribution in [0.2, 0.25) is 0 Å². The van der Waals surface area contributed by atoms with Crippen molar-refractivity contribution in [2.45, 2.75) is 59.2 Å². The van der Waals surface area contributed by atoms with Gasteiger partial charge in [-0.3, -0.25) is 4.90 Å². The average Bonchev–Trinajstić information content (AvgIpc) is 2.58. The third kappa shape index (κ3) is 2.01. The van der Waals surface area contributed by atoms with Gasteiger partial charge in [0.15, 0.2) is 0 Å². The van der Waals surface area contributed by atoms with Gasteiger partial charge in [0.1, 0.15) is 5.82 Å². The van der Waals surface area contributed by atoms with Gasteiger partial charge >= 0.3 is 0 Å². The second-order valence-corrected chi connectivity index (χ2v) is 6.01. The molecule has 0 bridgehead atoms. The first-order valence-electron chi connectivity index (χ1n) is 6.19. The maximum Gasteiger partial charge on any atom is 0.111 e. The van der Waals surface area contributed by atoms with Crippen molar-refractivity contribution in [3.8, 4) is 0 Å². The molecule has 0 unspecified atom stereocenters. The summed E-state index contributed by atoms with van der Waals surface area (Å²) in [5.41, 5.74) is 1.62. The number of rotatable bonds is 1. The zero-order valence-corrected chi connectivity index (χ0v) is 11.1. The van der Waals surface area contributed by atoms with Crippen LogP contribution >= 0.6 is 0 Å². The first-order valence-corrected chi connectivity index (χ1v) is 6.19. The zero-order valence-electron chi connectivity index (χ0n) is 11.1. The standard InChI is InChI=1S/C13H23N3/c1-10(2)12-14-8-11-9-15(13(3,4)5)6-7-16(11)12/h8,10H,6-7,9H2,1-5H3. The molecule has 0 aliphatic carbocycles. The molecule has 0 atom stereocenters. The van der Waals surface area contributed by atoms with Crippen LogP contribution in [0.3, 0.4) is 0 Å². The fraction of sp³-hybridized carbons (Fsp3) is 0.769. The Hall–Kier alpha value is -0.830. The van der Waals surface area contributed by atoms with E-state index in [1.807, 2.05) is 6.20 Å². The maximum absolute atomic E-state index is 4.55. The highest BCUT2D eigenvalue weighted by atomic mass is 15.3. The molecule has 2 rings (SSSR count). The smallest absolute Gasteiger partial charge is 0.111 e. The van der Waals surface area contributed by atoms with E-state index in [1.54, 1.807) is 0 Å². The van der Waals surface area contributed by atoms with Gasteiger partial charge in [0.05, 0.1) is 5.69 Å². The topological polar surface area (TPSA) is 21.1 Å². The molecule has 0 amide bonds. The Morgan fingerprint density at radius 1 is 1.25 bits per heavy atom. The third-order valence-corrected chi connectivity index (χ3v) is 3.38. The normalized spacial score (nSPS) is 17.9. The maximum atomic E-state index is 4.55. The summed E-state index contributed by atoms with van der Waals surface area (Å²) in [6.07, 6.45) is 2.05. The van der Waals surface area contributed by atoms with E-state index in [2.05, 4.69) is 49.1 Å². The predicted octanol–water partition coefficient (Wildman–Crippen LogP) is 2.62. The molecule has 1 aliphatic heterocycles. The molecule has 2 heterocycles. The second kappa shape index (κ2) is 3.88. The summed E-state index contributed by atoms with van der Waals surface area (Å²) in [6.45, 7) is 14.5. The first kappa shape index (κ1) is 11.6. The van der Waals surface area contributed by atoms with Crippen LogP contribution in [-0.4, -0.2) is 26.5 Å². The van der Waals surface area contributed by atoms with Crippen LogP contribution < -0.4 is 0 Å². The molecule has 3 heteroatoms. The van der Waals surface area contributed by atoms with E-state index in [4.69, 9.17) is 0 Å². The Balaban J connectivity index is 2.23. The summed E-state index contributed by atoms with van der Waals surface area (Å²) in [7, 11) is 0. The summed E-state index contributed by atoms with van der Waals surface area (Å²) in [5, 5.41) is 0. The van der Waals surface area contributed by atoms with Gasteiger partial charge in [0.2, 0.25) is 0 Å². The molecule has 0 spiro atoms. The zero-order chi connectivity index (χ0) is 11.9. The highest BCUT2D eigenvalue weighted by Gasteiger charge is 2.27. The van der Waals surface area contributed by atoms with Crippen molar-refractivity contribution in [1.29, 1.82) is 0 Å². The number of hydrogen-bond donors (Lipinski definition) is 0. The van der Waals surface area contributed by atoms with Gasteiger partial charge in [-0.25, -0.2) is 4.98 Å². The molecule has 1 aliphatic rings. The van der Waals surface area contributed by atoms with Crippen molar-refractivity contribution in [1.82, 2.24) is 14.5 Å². The Bertz CT molecular complexity index is 371. The molecule has 0 N–H and O–H groups in total. The molecular weight excluding hydrogens is 198 g/mol. The molecule has 1 aromatic heterocycles. The summed E-state index contributed by atoms with van der Waals surface area (Å²) >= 11 is 0. The predicted molar refractivity (Wildman–Crippen MR) is 66.5 cm³/mol. The van der Waals surface area contributed by atoms with Crippen molar-refractivity contribution < 1.29 is 0 Å². The largest absolute Gasteiger partial charge is 0.329 e. The van der Waals surface area contributed by atoms with E-state index in [9.17, 15) is 0 Å². The van der Waals surface area contributed by atoms with Crippen LogP contribution in [0.4, 0.5) is 0 Å². The lowest BCUT2D eigenvalue weighted by Crippen LogP contribution is -2.45. The number of fused-ring (bicyclic) bond motifs is 1. The molecule has 0 radical (unpaired) electrons. The quantitative estimate of drug-likeness (QED) is 0.727.